The Morgan fingerprint density at radius 2 is 1.91 bits per heavy atom. The number of urea groups is 1. The third-order valence-corrected chi connectivity index (χ3v) is 5.20. The number of amides is 2. The predicted octanol–water partition coefficient (Wildman–Crippen LogP) is 2.24. The van der Waals surface area contributed by atoms with E-state index in [1.165, 1.54) is 12.8 Å². The van der Waals surface area contributed by atoms with Gasteiger partial charge in [-0.05, 0) is 31.9 Å². The topological polar surface area (TPSA) is 66.5 Å². The number of nitrogens with one attached hydrogen (secondary N) is 2. The van der Waals surface area contributed by atoms with Crippen molar-refractivity contribution in [1.29, 1.82) is 0 Å². The molecule has 1 aliphatic carbocycles. The largest absolute Gasteiger partial charge is 0.379 e. The lowest BCUT2D eigenvalue weighted by Gasteiger charge is -2.47. The van der Waals surface area contributed by atoms with E-state index >= 15 is 0 Å². The minimum Gasteiger partial charge on any atom is -0.379 e. The molecule has 0 radical (unpaired) electrons. The molecule has 6 nitrogen and oxygen atoms in total. The first kappa shape index (κ1) is 16.2. The quantitative estimate of drug-likeness (QED) is 0.893. The van der Waals surface area contributed by atoms with Crippen LogP contribution in [0.1, 0.15) is 32.6 Å². The van der Waals surface area contributed by atoms with Gasteiger partial charge in [-0.2, -0.15) is 0 Å². The molecule has 2 fully saturated rings. The van der Waals surface area contributed by atoms with Gasteiger partial charge in [0.25, 0.3) is 0 Å². The smallest absolute Gasteiger partial charge is 0.319 e. The number of rotatable bonds is 4. The van der Waals surface area contributed by atoms with Crippen LogP contribution >= 0.6 is 0 Å². The lowest BCUT2D eigenvalue weighted by molar-refractivity contribution is -0.0315. The van der Waals surface area contributed by atoms with Crippen molar-refractivity contribution in [3.63, 3.8) is 0 Å². The van der Waals surface area contributed by atoms with Gasteiger partial charge in [-0.1, -0.05) is 12.8 Å². The number of pyridine rings is 1. The molecule has 6 heteroatoms. The maximum atomic E-state index is 12.3. The van der Waals surface area contributed by atoms with Crippen LogP contribution in [0.4, 0.5) is 10.5 Å². The lowest BCUT2D eigenvalue weighted by Crippen LogP contribution is -2.62. The summed E-state index contributed by atoms with van der Waals surface area (Å²) in [4.78, 5) is 18.8. The van der Waals surface area contributed by atoms with Gasteiger partial charge in [0.05, 0.1) is 13.2 Å². The molecule has 1 aromatic heterocycles. The second-order valence-electron chi connectivity index (χ2n) is 6.47. The number of carbonyl (C=O) groups excluding carboxylic acids is 1. The van der Waals surface area contributed by atoms with E-state index in [1.807, 2.05) is 0 Å². The Morgan fingerprint density at radius 3 is 2.57 bits per heavy atom. The van der Waals surface area contributed by atoms with Gasteiger partial charge in [0.1, 0.15) is 0 Å². The molecular weight excluding hydrogens is 292 g/mol. The predicted molar refractivity (Wildman–Crippen MR) is 89.4 cm³/mol. The molecule has 23 heavy (non-hydrogen) atoms. The fraction of sp³-hybridized carbons (Fsp3) is 0.647. The average molecular weight is 318 g/mol. The summed E-state index contributed by atoms with van der Waals surface area (Å²) in [6.45, 7) is 5.62. The summed E-state index contributed by atoms with van der Waals surface area (Å²) in [7, 11) is 0. The highest BCUT2D eigenvalue weighted by molar-refractivity contribution is 5.89. The van der Waals surface area contributed by atoms with Gasteiger partial charge in [0.15, 0.2) is 0 Å². The Morgan fingerprint density at radius 1 is 1.26 bits per heavy atom. The van der Waals surface area contributed by atoms with Crippen molar-refractivity contribution >= 4 is 11.7 Å². The van der Waals surface area contributed by atoms with Crippen molar-refractivity contribution in [3.8, 4) is 0 Å². The fourth-order valence-electron chi connectivity index (χ4n) is 3.95. The molecular formula is C17H26N4O2. The van der Waals surface area contributed by atoms with Crippen LogP contribution < -0.4 is 10.6 Å². The van der Waals surface area contributed by atoms with Crippen LogP contribution in [-0.2, 0) is 4.74 Å². The van der Waals surface area contributed by atoms with E-state index in [4.69, 9.17) is 4.74 Å². The molecule has 1 atom stereocenters. The molecule has 2 N–H and O–H groups in total. The highest BCUT2D eigenvalue weighted by Gasteiger charge is 2.44. The lowest BCUT2D eigenvalue weighted by atomic mass is 9.86. The summed E-state index contributed by atoms with van der Waals surface area (Å²) < 4.78 is 5.50. The Bertz CT molecular complexity index is 511. The molecule has 0 aromatic carbocycles. The average Bonchev–Trinajstić information content (AvgIpc) is 3.07. The Labute approximate surface area is 137 Å². The maximum Gasteiger partial charge on any atom is 0.319 e. The van der Waals surface area contributed by atoms with Crippen LogP contribution in [0.3, 0.4) is 0 Å². The summed E-state index contributed by atoms with van der Waals surface area (Å²) in [5.74, 6) is 0. The van der Waals surface area contributed by atoms with E-state index in [9.17, 15) is 4.79 Å². The molecule has 1 saturated heterocycles. The van der Waals surface area contributed by atoms with Crippen molar-refractivity contribution in [2.75, 3.05) is 31.6 Å². The molecule has 2 amide bonds. The zero-order valence-corrected chi connectivity index (χ0v) is 13.8. The van der Waals surface area contributed by atoms with Crippen LogP contribution in [0.15, 0.2) is 24.5 Å². The minimum atomic E-state index is -0.150. The number of hydrogen-bond donors (Lipinski definition) is 2. The van der Waals surface area contributed by atoms with Crippen molar-refractivity contribution in [2.24, 2.45) is 0 Å². The van der Waals surface area contributed by atoms with Crippen LogP contribution in [0.2, 0.25) is 0 Å². The minimum absolute atomic E-state index is 0.0688. The molecule has 3 rings (SSSR count). The van der Waals surface area contributed by atoms with Gasteiger partial charge in [0, 0.05) is 42.8 Å². The molecule has 1 aliphatic heterocycles. The Hall–Kier alpha value is -1.66. The number of carbonyl (C=O) groups is 1. The molecule has 0 unspecified atom stereocenters. The van der Waals surface area contributed by atoms with Crippen LogP contribution in [-0.4, -0.2) is 53.8 Å². The van der Waals surface area contributed by atoms with E-state index < -0.39 is 0 Å². The van der Waals surface area contributed by atoms with Crippen molar-refractivity contribution in [2.45, 2.75) is 44.2 Å². The highest BCUT2D eigenvalue weighted by Crippen LogP contribution is 2.38. The maximum absolute atomic E-state index is 12.3. The Kier molecular flexibility index (Phi) is 5.13. The monoisotopic (exact) mass is 318 g/mol. The summed E-state index contributed by atoms with van der Waals surface area (Å²) in [6, 6.07) is 3.53. The number of nitrogens with zero attached hydrogens (tertiary/aromatic N) is 2. The van der Waals surface area contributed by atoms with Gasteiger partial charge in [0.2, 0.25) is 0 Å². The summed E-state index contributed by atoms with van der Waals surface area (Å²) in [5.41, 5.74) is 0.830. The van der Waals surface area contributed by atoms with Gasteiger partial charge >= 0.3 is 6.03 Å². The Balaban J connectivity index is 1.64. The number of aromatic nitrogens is 1. The first-order chi connectivity index (χ1) is 11.2. The third kappa shape index (κ3) is 3.64. The zero-order chi connectivity index (χ0) is 16.1. The molecule has 2 heterocycles. The number of ether oxygens (including phenoxy) is 1. The first-order valence-corrected chi connectivity index (χ1v) is 8.51. The summed E-state index contributed by atoms with van der Waals surface area (Å²) in [5, 5.41) is 6.04. The van der Waals surface area contributed by atoms with Gasteiger partial charge in [-0.15, -0.1) is 0 Å². The number of morpholine rings is 1. The highest BCUT2D eigenvalue weighted by atomic mass is 16.5. The van der Waals surface area contributed by atoms with E-state index in [0.717, 1.165) is 44.8 Å². The van der Waals surface area contributed by atoms with Crippen LogP contribution in [0.25, 0.3) is 0 Å². The van der Waals surface area contributed by atoms with Gasteiger partial charge < -0.3 is 15.4 Å². The first-order valence-electron chi connectivity index (χ1n) is 8.51. The number of anilines is 1. The van der Waals surface area contributed by atoms with Crippen LogP contribution in [0, 0.1) is 0 Å². The van der Waals surface area contributed by atoms with E-state index in [1.54, 1.807) is 24.5 Å². The van der Waals surface area contributed by atoms with E-state index in [2.05, 4.69) is 27.4 Å². The summed E-state index contributed by atoms with van der Waals surface area (Å²) >= 11 is 0. The molecule has 1 aromatic rings. The van der Waals surface area contributed by atoms with E-state index in [-0.39, 0.29) is 17.6 Å². The normalized spacial score (nSPS) is 22.5. The molecule has 2 aliphatic rings. The van der Waals surface area contributed by atoms with E-state index in [0.29, 0.717) is 0 Å². The second-order valence-corrected chi connectivity index (χ2v) is 6.47. The van der Waals surface area contributed by atoms with Crippen molar-refractivity contribution < 1.29 is 9.53 Å². The molecule has 0 bridgehead atoms. The standard InChI is InChI=1S/C17H26N4O2/c1-14(19-16(22)20-15-4-8-18-9-5-15)17(6-2-3-7-17)21-10-12-23-13-11-21/h4-5,8-9,14H,2-3,6-7,10-13H2,1H3,(H2,18,19,20,22)/t14-/m1/s1. The number of hydrogen-bond acceptors (Lipinski definition) is 4. The zero-order valence-electron chi connectivity index (χ0n) is 13.8. The van der Waals surface area contributed by atoms with Crippen LogP contribution in [0.5, 0.6) is 0 Å². The van der Waals surface area contributed by atoms with Gasteiger partial charge in [-0.25, -0.2) is 4.79 Å². The van der Waals surface area contributed by atoms with Crippen molar-refractivity contribution in [3.05, 3.63) is 24.5 Å². The SMILES string of the molecule is C[C@@H](NC(=O)Nc1ccncc1)C1(N2CCOCC2)CCCC1. The van der Waals surface area contributed by atoms with Gasteiger partial charge in [-0.3, -0.25) is 9.88 Å². The molecule has 0 spiro atoms. The molecule has 126 valence electrons. The third-order valence-electron chi connectivity index (χ3n) is 5.20. The van der Waals surface area contributed by atoms with Crippen molar-refractivity contribution in [1.82, 2.24) is 15.2 Å². The second kappa shape index (κ2) is 7.27. The summed E-state index contributed by atoms with van der Waals surface area (Å²) in [6.07, 6.45) is 8.09. The molecule has 1 saturated carbocycles. The fourth-order valence-corrected chi connectivity index (χ4v) is 3.95.